The maximum Gasteiger partial charge on any atom is 0.416 e. The predicted octanol–water partition coefficient (Wildman–Crippen LogP) is 3.46. The number of hydrogen-bond donors (Lipinski definition) is 0. The summed E-state index contributed by atoms with van der Waals surface area (Å²) in [6.45, 7) is 1.76. The topological polar surface area (TPSA) is 78.1 Å². The van der Waals surface area contributed by atoms with E-state index in [1.165, 1.54) is 30.6 Å². The highest BCUT2D eigenvalue weighted by molar-refractivity contribution is 7.17. The van der Waals surface area contributed by atoms with Crippen LogP contribution in [0.15, 0.2) is 29.4 Å². The van der Waals surface area contributed by atoms with Gasteiger partial charge in [0.2, 0.25) is 11.4 Å². The van der Waals surface area contributed by atoms with Crippen molar-refractivity contribution < 1.29 is 27.5 Å². The van der Waals surface area contributed by atoms with E-state index in [9.17, 15) is 18.0 Å². The first-order chi connectivity index (χ1) is 12.8. The molecule has 0 spiro atoms. The smallest absolute Gasteiger partial charge is 0.411 e. The second kappa shape index (κ2) is 7.35. The summed E-state index contributed by atoms with van der Waals surface area (Å²) >= 11 is 1.25. The van der Waals surface area contributed by atoms with Crippen LogP contribution in [0.25, 0.3) is 16.3 Å². The van der Waals surface area contributed by atoms with Gasteiger partial charge < -0.3 is 9.57 Å². The van der Waals surface area contributed by atoms with Gasteiger partial charge in [0.15, 0.2) is 5.82 Å². The summed E-state index contributed by atoms with van der Waals surface area (Å²) in [6.07, 6.45) is -3.49. The lowest BCUT2D eigenvalue weighted by molar-refractivity contribution is -0.137. The molecule has 0 saturated carbocycles. The van der Waals surface area contributed by atoms with Gasteiger partial charge in [-0.1, -0.05) is 28.6 Å². The van der Waals surface area contributed by atoms with Crippen molar-refractivity contribution in [2.45, 2.75) is 19.5 Å². The molecule has 0 unspecified atom stereocenters. The molecule has 1 aromatic carbocycles. The third-order valence-electron chi connectivity index (χ3n) is 3.62. The Balaban J connectivity index is 1.81. The molecule has 3 rings (SSSR count). The Bertz CT molecular complexity index is 993. The van der Waals surface area contributed by atoms with Crippen LogP contribution in [0.5, 0.6) is 0 Å². The number of carbonyl (C=O) groups is 1. The second-order valence-electron chi connectivity index (χ2n) is 5.38. The number of nitrogens with zero attached hydrogens (tertiary/aromatic N) is 4. The van der Waals surface area contributed by atoms with E-state index in [1.807, 2.05) is 0 Å². The third kappa shape index (κ3) is 4.08. The highest BCUT2D eigenvalue weighted by atomic mass is 32.1. The number of alkyl halides is 3. The van der Waals surface area contributed by atoms with Crippen LogP contribution in [0, 0.1) is 6.92 Å². The van der Waals surface area contributed by atoms with Crippen LogP contribution in [0.1, 0.15) is 16.1 Å². The number of benzene rings is 1. The number of carbonyl (C=O) groups excluding carboxylic acids is 1. The molecule has 0 aliphatic carbocycles. The van der Waals surface area contributed by atoms with Crippen molar-refractivity contribution in [3.63, 3.8) is 0 Å². The van der Waals surface area contributed by atoms with E-state index < -0.39 is 17.7 Å². The number of aromatic nitrogens is 3. The van der Waals surface area contributed by atoms with Crippen molar-refractivity contribution in [2.24, 2.45) is 5.16 Å². The molecule has 0 aliphatic heterocycles. The molecule has 142 valence electrons. The highest BCUT2D eigenvalue weighted by Crippen LogP contribution is 2.31. The molecule has 2 aromatic heterocycles. The molecule has 0 amide bonds. The minimum absolute atomic E-state index is 0.00683. The molecule has 0 bridgehead atoms. The van der Waals surface area contributed by atoms with Crippen molar-refractivity contribution in [1.82, 2.24) is 14.6 Å². The Morgan fingerprint density at radius 2 is 2.04 bits per heavy atom. The Morgan fingerprint density at radius 3 is 2.63 bits per heavy atom. The Hall–Kier alpha value is -2.95. The minimum Gasteiger partial charge on any atom is -0.411 e. The van der Waals surface area contributed by atoms with Crippen LogP contribution >= 0.6 is 11.3 Å². The van der Waals surface area contributed by atoms with Gasteiger partial charge in [-0.2, -0.15) is 18.2 Å². The van der Waals surface area contributed by atoms with Crippen molar-refractivity contribution in [1.29, 1.82) is 0 Å². The first-order valence-corrected chi connectivity index (χ1v) is 8.38. The molecule has 0 radical (unpaired) electrons. The minimum atomic E-state index is -4.39. The van der Waals surface area contributed by atoms with Gasteiger partial charge in [-0.15, -0.1) is 5.10 Å². The quantitative estimate of drug-likeness (QED) is 0.285. The van der Waals surface area contributed by atoms with E-state index in [0.717, 1.165) is 18.5 Å². The molecule has 0 N–H and O–H groups in total. The average Bonchev–Trinajstić information content (AvgIpc) is 3.15. The fraction of sp³-hybridized carbons (Fsp3) is 0.250. The van der Waals surface area contributed by atoms with Gasteiger partial charge in [-0.3, -0.25) is 4.79 Å². The van der Waals surface area contributed by atoms with E-state index in [1.54, 1.807) is 11.4 Å². The number of esters is 1. The van der Waals surface area contributed by atoms with E-state index in [2.05, 4.69) is 20.1 Å². The van der Waals surface area contributed by atoms with Gasteiger partial charge >= 0.3 is 12.1 Å². The molecular weight excluding hydrogens is 385 g/mol. The van der Waals surface area contributed by atoms with Crippen LogP contribution in [0.3, 0.4) is 0 Å². The van der Waals surface area contributed by atoms with E-state index >= 15 is 0 Å². The van der Waals surface area contributed by atoms with Crippen LogP contribution in [-0.4, -0.2) is 34.1 Å². The third-order valence-corrected chi connectivity index (χ3v) is 4.75. The second-order valence-corrected chi connectivity index (χ2v) is 6.44. The van der Waals surface area contributed by atoms with Crippen molar-refractivity contribution in [3.8, 4) is 11.4 Å². The zero-order valence-corrected chi connectivity index (χ0v) is 15.0. The number of halogens is 3. The van der Waals surface area contributed by atoms with Crippen LogP contribution in [-0.2, 0) is 27.0 Å². The molecule has 7 nitrogen and oxygen atoms in total. The number of fused-ring (bicyclic) bond motifs is 1. The SMILES string of the molecule is CO/N=C/OC(=O)Cc1sc2nc(-c3ccc(C(F)(F)F)cc3)nn2c1C. The lowest BCUT2D eigenvalue weighted by atomic mass is 10.1. The highest BCUT2D eigenvalue weighted by Gasteiger charge is 2.30. The van der Waals surface area contributed by atoms with Gasteiger partial charge in [0.05, 0.1) is 17.7 Å². The first-order valence-electron chi connectivity index (χ1n) is 7.56. The summed E-state index contributed by atoms with van der Waals surface area (Å²) in [7, 11) is 1.32. The lowest BCUT2D eigenvalue weighted by Gasteiger charge is -2.06. The standard InChI is InChI=1S/C16H13F3N4O3S/c1-9-12(7-13(24)26-8-20-25-2)27-15-21-14(22-23(9)15)10-3-5-11(6-4-10)16(17,18)19/h3-6,8H,7H2,1-2H3/b20-8+. The van der Waals surface area contributed by atoms with Crippen LogP contribution in [0.2, 0.25) is 0 Å². The molecule has 0 fully saturated rings. The van der Waals surface area contributed by atoms with Crippen molar-refractivity contribution in [2.75, 3.05) is 7.11 Å². The zero-order chi connectivity index (χ0) is 19.6. The summed E-state index contributed by atoms with van der Waals surface area (Å²) in [4.78, 5) is 21.7. The summed E-state index contributed by atoms with van der Waals surface area (Å²) in [5.41, 5.74) is 0.428. The molecule has 27 heavy (non-hydrogen) atoms. The number of aryl methyl sites for hydroxylation is 1. The Morgan fingerprint density at radius 1 is 1.33 bits per heavy atom. The Kier molecular flexibility index (Phi) is 5.13. The monoisotopic (exact) mass is 398 g/mol. The lowest BCUT2D eigenvalue weighted by Crippen LogP contribution is -2.07. The summed E-state index contributed by atoms with van der Waals surface area (Å²) < 4.78 is 44.3. The maximum atomic E-state index is 12.7. The van der Waals surface area contributed by atoms with Crippen LogP contribution < -0.4 is 0 Å². The predicted molar refractivity (Wildman–Crippen MR) is 91.3 cm³/mol. The maximum absolute atomic E-state index is 12.7. The molecule has 0 saturated heterocycles. The number of ether oxygens (including phenoxy) is 1. The molecule has 3 aromatic rings. The van der Waals surface area contributed by atoms with Gasteiger partial charge in [-0.05, 0) is 19.1 Å². The zero-order valence-electron chi connectivity index (χ0n) is 14.1. The fourth-order valence-electron chi connectivity index (χ4n) is 2.28. The first kappa shape index (κ1) is 18.8. The molecule has 11 heteroatoms. The molecular formula is C16H13F3N4O3S. The van der Waals surface area contributed by atoms with E-state index in [-0.39, 0.29) is 6.42 Å². The number of oxime groups is 1. The van der Waals surface area contributed by atoms with Gasteiger partial charge in [0.25, 0.3) is 0 Å². The summed E-state index contributed by atoms with van der Waals surface area (Å²) in [6, 6.07) is 4.62. The molecule has 2 heterocycles. The Labute approximate surface area is 155 Å². The fourth-order valence-corrected chi connectivity index (χ4v) is 3.32. The van der Waals surface area contributed by atoms with E-state index in [0.29, 0.717) is 26.9 Å². The van der Waals surface area contributed by atoms with Crippen molar-refractivity contribution in [3.05, 3.63) is 40.4 Å². The largest absolute Gasteiger partial charge is 0.416 e. The molecule has 0 aliphatic rings. The average molecular weight is 398 g/mol. The number of hydrogen-bond acceptors (Lipinski definition) is 7. The van der Waals surface area contributed by atoms with E-state index in [4.69, 9.17) is 4.74 Å². The number of rotatable bonds is 5. The molecule has 0 atom stereocenters. The van der Waals surface area contributed by atoms with Crippen molar-refractivity contribution >= 4 is 28.7 Å². The number of thiazole rings is 1. The van der Waals surface area contributed by atoms with Gasteiger partial charge in [0.1, 0.15) is 7.11 Å². The normalized spacial score (nSPS) is 12.0. The van der Waals surface area contributed by atoms with Gasteiger partial charge in [-0.25, -0.2) is 4.52 Å². The van der Waals surface area contributed by atoms with Crippen LogP contribution in [0.4, 0.5) is 13.2 Å². The van der Waals surface area contributed by atoms with Gasteiger partial charge in [0, 0.05) is 10.4 Å². The summed E-state index contributed by atoms with van der Waals surface area (Å²) in [5, 5.41) is 7.62. The summed E-state index contributed by atoms with van der Waals surface area (Å²) in [5.74, 6) is -0.217.